The van der Waals surface area contributed by atoms with Crippen LogP contribution in [0.1, 0.15) is 33.6 Å². The van der Waals surface area contributed by atoms with Gasteiger partial charge in [0.25, 0.3) is 0 Å². The fourth-order valence-electron chi connectivity index (χ4n) is 2.34. The second kappa shape index (κ2) is 8.92. The van der Waals surface area contributed by atoms with Crippen molar-refractivity contribution >= 4 is 11.8 Å². The minimum absolute atomic E-state index is 0.105. The number of carbonyl (C=O) groups is 2. The smallest absolute Gasteiger partial charge is 0.239 e. The van der Waals surface area contributed by atoms with Crippen molar-refractivity contribution in [1.82, 2.24) is 10.2 Å². The number of amides is 2. The highest BCUT2D eigenvalue weighted by atomic mass is 16.5. The van der Waals surface area contributed by atoms with Gasteiger partial charge in [-0.25, -0.2) is 0 Å². The van der Waals surface area contributed by atoms with Crippen LogP contribution in [0.25, 0.3) is 0 Å². The fourth-order valence-corrected chi connectivity index (χ4v) is 2.34. The third kappa shape index (κ3) is 5.09. The first kappa shape index (κ1) is 18.9. The molecular weight excluding hydrogens is 258 g/mol. The SMILES string of the molecule is CC[C@H](C)[C@@H]([C@@H](CC(=O)NC)OC)N(C)C(=O)[C@H](C)N. The van der Waals surface area contributed by atoms with Gasteiger partial charge in [0.15, 0.2) is 0 Å². The number of rotatable bonds is 8. The molecule has 0 aliphatic rings. The Bertz CT molecular complexity index is 321. The molecule has 118 valence electrons. The van der Waals surface area contributed by atoms with E-state index in [1.807, 2.05) is 6.92 Å². The normalized spacial score (nSPS) is 16.9. The van der Waals surface area contributed by atoms with E-state index in [2.05, 4.69) is 12.2 Å². The molecule has 0 aliphatic carbocycles. The topological polar surface area (TPSA) is 84.7 Å². The maximum Gasteiger partial charge on any atom is 0.239 e. The van der Waals surface area contributed by atoms with Crippen LogP contribution in [0.3, 0.4) is 0 Å². The van der Waals surface area contributed by atoms with Crippen molar-refractivity contribution in [3.8, 4) is 0 Å². The van der Waals surface area contributed by atoms with Gasteiger partial charge in [0.1, 0.15) is 0 Å². The summed E-state index contributed by atoms with van der Waals surface area (Å²) in [6.07, 6.45) is 0.755. The van der Waals surface area contributed by atoms with Crippen molar-refractivity contribution in [2.45, 2.75) is 51.8 Å². The molecular formula is C14H29N3O3. The maximum atomic E-state index is 12.1. The largest absolute Gasteiger partial charge is 0.379 e. The number of nitrogens with zero attached hydrogens (tertiary/aromatic N) is 1. The van der Waals surface area contributed by atoms with E-state index in [0.717, 1.165) is 6.42 Å². The minimum atomic E-state index is -0.566. The molecule has 0 saturated heterocycles. The van der Waals surface area contributed by atoms with Crippen LogP contribution in [0.5, 0.6) is 0 Å². The Morgan fingerprint density at radius 2 is 1.90 bits per heavy atom. The van der Waals surface area contributed by atoms with Gasteiger partial charge in [-0.05, 0) is 12.8 Å². The third-order valence-corrected chi connectivity index (χ3v) is 3.76. The molecule has 0 saturated carbocycles. The summed E-state index contributed by atoms with van der Waals surface area (Å²) in [5, 5.41) is 2.59. The molecule has 2 amide bonds. The van der Waals surface area contributed by atoms with Gasteiger partial charge in [0.2, 0.25) is 11.8 Å². The van der Waals surface area contributed by atoms with Crippen molar-refractivity contribution in [1.29, 1.82) is 0 Å². The van der Waals surface area contributed by atoms with E-state index in [-0.39, 0.29) is 36.3 Å². The van der Waals surface area contributed by atoms with Crippen molar-refractivity contribution in [2.75, 3.05) is 21.2 Å². The summed E-state index contributed by atoms with van der Waals surface area (Å²) in [5.74, 6) is -0.0432. The number of hydrogen-bond donors (Lipinski definition) is 2. The van der Waals surface area contributed by atoms with E-state index in [4.69, 9.17) is 10.5 Å². The fraction of sp³-hybridized carbons (Fsp3) is 0.857. The Kier molecular flexibility index (Phi) is 8.41. The highest BCUT2D eigenvalue weighted by Crippen LogP contribution is 2.21. The van der Waals surface area contributed by atoms with Crippen molar-refractivity contribution in [2.24, 2.45) is 11.7 Å². The number of likely N-dealkylation sites (N-methyl/N-ethyl adjacent to an activating group) is 1. The molecule has 0 aromatic heterocycles. The van der Waals surface area contributed by atoms with Gasteiger partial charge in [0.05, 0.1) is 24.6 Å². The summed E-state index contributed by atoms with van der Waals surface area (Å²) in [7, 11) is 4.87. The van der Waals surface area contributed by atoms with Gasteiger partial charge in [-0.1, -0.05) is 20.3 Å². The molecule has 0 fully saturated rings. The van der Waals surface area contributed by atoms with Crippen LogP contribution in [0.15, 0.2) is 0 Å². The van der Waals surface area contributed by atoms with Gasteiger partial charge in [-0.2, -0.15) is 0 Å². The van der Waals surface area contributed by atoms with E-state index in [1.54, 1.807) is 33.0 Å². The molecule has 3 N–H and O–H groups in total. The van der Waals surface area contributed by atoms with E-state index < -0.39 is 6.04 Å². The number of nitrogens with one attached hydrogen (secondary N) is 1. The quantitative estimate of drug-likeness (QED) is 0.675. The lowest BCUT2D eigenvalue weighted by Crippen LogP contribution is -2.53. The predicted molar refractivity (Wildman–Crippen MR) is 79.1 cm³/mol. The first-order chi connectivity index (χ1) is 9.29. The second-order valence-corrected chi connectivity index (χ2v) is 5.27. The lowest BCUT2D eigenvalue weighted by molar-refractivity contribution is -0.140. The molecule has 0 aromatic carbocycles. The molecule has 0 aliphatic heterocycles. The summed E-state index contributed by atoms with van der Waals surface area (Å²) >= 11 is 0. The van der Waals surface area contributed by atoms with Gasteiger partial charge in [0, 0.05) is 21.2 Å². The Morgan fingerprint density at radius 3 is 2.25 bits per heavy atom. The van der Waals surface area contributed by atoms with Crippen molar-refractivity contribution in [3.05, 3.63) is 0 Å². The summed E-state index contributed by atoms with van der Waals surface area (Å²) in [6.45, 7) is 5.76. The number of carbonyl (C=O) groups excluding carboxylic acids is 2. The first-order valence-electron chi connectivity index (χ1n) is 7.05. The summed E-state index contributed by atoms with van der Waals surface area (Å²) < 4.78 is 5.46. The molecule has 6 nitrogen and oxygen atoms in total. The Balaban J connectivity index is 5.20. The third-order valence-electron chi connectivity index (χ3n) is 3.76. The first-order valence-corrected chi connectivity index (χ1v) is 7.05. The number of nitrogens with two attached hydrogens (primary N) is 1. The molecule has 4 atom stereocenters. The standard InChI is InChI=1S/C14H29N3O3/c1-7-9(2)13(17(5)14(19)10(3)15)11(20-6)8-12(18)16-4/h9-11,13H,7-8,15H2,1-6H3,(H,16,18)/t9-,10-,11+,13-/m0/s1. The van der Waals surface area contributed by atoms with Crippen LogP contribution < -0.4 is 11.1 Å². The molecule has 20 heavy (non-hydrogen) atoms. The zero-order valence-electron chi connectivity index (χ0n) is 13.5. The lowest BCUT2D eigenvalue weighted by atomic mass is 9.90. The van der Waals surface area contributed by atoms with Crippen LogP contribution in [-0.4, -0.2) is 56.1 Å². The Morgan fingerprint density at radius 1 is 1.35 bits per heavy atom. The van der Waals surface area contributed by atoms with Crippen LogP contribution in [0, 0.1) is 5.92 Å². The summed E-state index contributed by atoms with van der Waals surface area (Å²) in [4.78, 5) is 25.3. The maximum absolute atomic E-state index is 12.1. The van der Waals surface area contributed by atoms with Gasteiger partial charge in [-0.15, -0.1) is 0 Å². The zero-order valence-corrected chi connectivity index (χ0v) is 13.5. The van der Waals surface area contributed by atoms with Gasteiger partial charge < -0.3 is 20.7 Å². The number of hydrogen-bond acceptors (Lipinski definition) is 4. The Labute approximate surface area is 122 Å². The molecule has 0 rings (SSSR count). The van der Waals surface area contributed by atoms with Gasteiger partial charge in [-0.3, -0.25) is 9.59 Å². The van der Waals surface area contributed by atoms with Crippen molar-refractivity contribution < 1.29 is 14.3 Å². The molecule has 0 spiro atoms. The second-order valence-electron chi connectivity index (χ2n) is 5.27. The molecule has 6 heteroatoms. The number of methoxy groups -OCH3 is 1. The van der Waals surface area contributed by atoms with E-state index in [9.17, 15) is 9.59 Å². The highest BCUT2D eigenvalue weighted by molar-refractivity contribution is 5.81. The minimum Gasteiger partial charge on any atom is -0.379 e. The van der Waals surface area contributed by atoms with Gasteiger partial charge >= 0.3 is 0 Å². The van der Waals surface area contributed by atoms with E-state index in [1.165, 1.54) is 0 Å². The summed E-state index contributed by atoms with van der Waals surface area (Å²) in [6, 6.07) is -0.745. The van der Waals surface area contributed by atoms with E-state index in [0.29, 0.717) is 0 Å². The van der Waals surface area contributed by atoms with E-state index >= 15 is 0 Å². The van der Waals surface area contributed by atoms with Crippen LogP contribution >= 0.6 is 0 Å². The average molecular weight is 287 g/mol. The Hall–Kier alpha value is -1.14. The number of ether oxygens (including phenoxy) is 1. The summed E-state index contributed by atoms with van der Waals surface area (Å²) in [5.41, 5.74) is 5.67. The van der Waals surface area contributed by atoms with Crippen LogP contribution in [0.2, 0.25) is 0 Å². The average Bonchev–Trinajstić information content (AvgIpc) is 2.44. The van der Waals surface area contributed by atoms with Crippen LogP contribution in [0.4, 0.5) is 0 Å². The molecule has 0 unspecified atom stereocenters. The lowest BCUT2D eigenvalue weighted by Gasteiger charge is -2.38. The van der Waals surface area contributed by atoms with Crippen LogP contribution in [-0.2, 0) is 14.3 Å². The molecule has 0 bridgehead atoms. The van der Waals surface area contributed by atoms with Crippen molar-refractivity contribution in [3.63, 3.8) is 0 Å². The highest BCUT2D eigenvalue weighted by Gasteiger charge is 2.34. The molecule has 0 radical (unpaired) electrons. The monoisotopic (exact) mass is 287 g/mol. The molecule has 0 aromatic rings. The molecule has 0 heterocycles. The predicted octanol–water partition coefficient (Wildman–Crippen LogP) is 0.358. The zero-order chi connectivity index (χ0) is 15.9.